The molecule has 0 aliphatic carbocycles. The minimum Gasteiger partial charge on any atom is -0.322 e. The maximum Gasteiger partial charge on any atom is 0.254 e. The Bertz CT molecular complexity index is 221. The zero-order chi connectivity index (χ0) is 9.83. The summed E-state index contributed by atoms with van der Waals surface area (Å²) in [6, 6.07) is 0. The molecule has 0 spiro atoms. The summed E-state index contributed by atoms with van der Waals surface area (Å²) in [4.78, 5) is 0. The van der Waals surface area contributed by atoms with Crippen molar-refractivity contribution in [1.82, 2.24) is 0 Å². The van der Waals surface area contributed by atoms with Gasteiger partial charge in [-0.3, -0.25) is 0 Å². The van der Waals surface area contributed by atoms with E-state index < -0.39 is 19.9 Å². The molecule has 0 rings (SSSR count). The Hall–Kier alpha value is 0.127. The van der Waals surface area contributed by atoms with Crippen LogP contribution < -0.4 is 0 Å². The molecule has 74 valence electrons. The SMILES string of the molecule is CCCC(C)(C)[SiH2]OS(C)(=O)=O. The molecule has 0 heterocycles. The minimum absolute atomic E-state index is 0.0951. The van der Waals surface area contributed by atoms with Gasteiger partial charge in [0.15, 0.2) is 9.76 Å². The maximum atomic E-state index is 10.7. The average Bonchev–Trinajstić information content (AvgIpc) is 1.83. The van der Waals surface area contributed by atoms with Gasteiger partial charge >= 0.3 is 0 Å². The summed E-state index contributed by atoms with van der Waals surface area (Å²) in [5.74, 6) is 0. The lowest BCUT2D eigenvalue weighted by atomic mass is 10.1. The van der Waals surface area contributed by atoms with Crippen molar-refractivity contribution in [2.75, 3.05) is 6.26 Å². The van der Waals surface area contributed by atoms with Gasteiger partial charge in [-0.1, -0.05) is 27.2 Å². The van der Waals surface area contributed by atoms with Gasteiger partial charge in [-0.2, -0.15) is 0 Å². The van der Waals surface area contributed by atoms with Crippen LogP contribution in [-0.4, -0.2) is 24.4 Å². The van der Waals surface area contributed by atoms with E-state index in [0.717, 1.165) is 19.1 Å². The zero-order valence-electron chi connectivity index (χ0n) is 8.25. The lowest BCUT2D eigenvalue weighted by Crippen LogP contribution is -2.19. The lowest BCUT2D eigenvalue weighted by molar-refractivity contribution is 0.473. The highest BCUT2D eigenvalue weighted by molar-refractivity contribution is 7.86. The molecule has 12 heavy (non-hydrogen) atoms. The Morgan fingerprint density at radius 1 is 1.42 bits per heavy atom. The van der Waals surface area contributed by atoms with E-state index in [9.17, 15) is 8.42 Å². The van der Waals surface area contributed by atoms with Gasteiger partial charge in [0.2, 0.25) is 0 Å². The van der Waals surface area contributed by atoms with Gasteiger partial charge in [-0.05, 0) is 11.5 Å². The third-order valence-corrected chi connectivity index (χ3v) is 4.91. The standard InChI is InChI=1S/C7H18O3SSi/c1-5-6-7(2,3)12-10-11(4,8)9/h5-6,12H2,1-4H3. The van der Waals surface area contributed by atoms with Gasteiger partial charge in [0.05, 0.1) is 6.26 Å². The number of hydrogen-bond donors (Lipinski definition) is 0. The first-order valence-electron chi connectivity index (χ1n) is 4.11. The van der Waals surface area contributed by atoms with Gasteiger partial charge in [0.25, 0.3) is 10.1 Å². The monoisotopic (exact) mass is 210 g/mol. The summed E-state index contributed by atoms with van der Waals surface area (Å²) in [5.41, 5.74) is 0. The van der Waals surface area contributed by atoms with E-state index in [4.69, 9.17) is 3.87 Å². The Morgan fingerprint density at radius 3 is 2.25 bits per heavy atom. The minimum atomic E-state index is -3.21. The third kappa shape index (κ3) is 6.81. The molecule has 0 fully saturated rings. The molecule has 0 saturated carbocycles. The van der Waals surface area contributed by atoms with Crippen LogP contribution in [0.4, 0.5) is 0 Å². The van der Waals surface area contributed by atoms with Crippen molar-refractivity contribution in [2.45, 2.75) is 38.7 Å². The van der Waals surface area contributed by atoms with Crippen LogP contribution in [0, 0.1) is 0 Å². The summed E-state index contributed by atoms with van der Waals surface area (Å²) in [7, 11) is -4.18. The van der Waals surface area contributed by atoms with Crippen LogP contribution >= 0.6 is 0 Å². The predicted octanol–water partition coefficient (Wildman–Crippen LogP) is 1.04. The Labute approximate surface area is 77.6 Å². The Balaban J connectivity index is 3.92. The maximum absolute atomic E-state index is 10.7. The second-order valence-electron chi connectivity index (χ2n) is 3.88. The van der Waals surface area contributed by atoms with Gasteiger partial charge in [0, 0.05) is 0 Å². The normalized spacial score (nSPS) is 14.3. The highest BCUT2D eigenvalue weighted by atomic mass is 32.2. The van der Waals surface area contributed by atoms with E-state index in [2.05, 4.69) is 20.8 Å². The second kappa shape index (κ2) is 4.39. The van der Waals surface area contributed by atoms with Crippen molar-refractivity contribution >= 4 is 19.9 Å². The van der Waals surface area contributed by atoms with Crippen LogP contribution in [0.1, 0.15) is 33.6 Å². The van der Waals surface area contributed by atoms with Gasteiger partial charge in [-0.15, -0.1) is 0 Å². The quantitative estimate of drug-likeness (QED) is 0.637. The van der Waals surface area contributed by atoms with Gasteiger partial charge in [0.1, 0.15) is 0 Å². The molecule has 0 aliphatic heterocycles. The molecule has 0 N–H and O–H groups in total. The summed E-state index contributed by atoms with van der Waals surface area (Å²) in [6.45, 7) is 6.22. The van der Waals surface area contributed by atoms with Crippen molar-refractivity contribution in [2.24, 2.45) is 0 Å². The van der Waals surface area contributed by atoms with E-state index in [1.54, 1.807) is 0 Å². The van der Waals surface area contributed by atoms with E-state index >= 15 is 0 Å². The fourth-order valence-electron chi connectivity index (χ4n) is 1.02. The van der Waals surface area contributed by atoms with Gasteiger partial charge in [-0.25, -0.2) is 8.42 Å². The average molecular weight is 210 g/mol. The second-order valence-corrected chi connectivity index (χ2v) is 8.43. The molecule has 0 aromatic carbocycles. The van der Waals surface area contributed by atoms with Crippen LogP contribution in [0.15, 0.2) is 0 Å². The first-order chi connectivity index (χ1) is 5.27. The van der Waals surface area contributed by atoms with E-state index in [1.165, 1.54) is 0 Å². The largest absolute Gasteiger partial charge is 0.322 e. The molecule has 0 bridgehead atoms. The Kier molecular flexibility index (Phi) is 4.43. The molecule has 0 radical (unpaired) electrons. The van der Waals surface area contributed by atoms with Crippen molar-refractivity contribution in [3.05, 3.63) is 0 Å². The first-order valence-corrected chi connectivity index (χ1v) is 7.21. The van der Waals surface area contributed by atoms with Crippen molar-refractivity contribution in [3.8, 4) is 0 Å². The molecule has 5 heteroatoms. The molecule has 0 atom stereocenters. The van der Waals surface area contributed by atoms with E-state index in [-0.39, 0.29) is 5.04 Å². The Morgan fingerprint density at radius 2 is 1.92 bits per heavy atom. The zero-order valence-corrected chi connectivity index (χ0v) is 10.5. The molecule has 3 nitrogen and oxygen atoms in total. The van der Waals surface area contributed by atoms with Crippen LogP contribution in [0.5, 0.6) is 0 Å². The lowest BCUT2D eigenvalue weighted by Gasteiger charge is -2.21. The predicted molar refractivity (Wildman–Crippen MR) is 53.4 cm³/mol. The van der Waals surface area contributed by atoms with Crippen LogP contribution in [-0.2, 0) is 14.0 Å². The topological polar surface area (TPSA) is 43.4 Å². The third-order valence-electron chi connectivity index (χ3n) is 1.59. The summed E-state index contributed by atoms with van der Waals surface area (Å²) in [6.07, 6.45) is 3.23. The summed E-state index contributed by atoms with van der Waals surface area (Å²) < 4.78 is 26.2. The number of hydrogen-bond acceptors (Lipinski definition) is 3. The highest BCUT2D eigenvalue weighted by Crippen LogP contribution is 2.29. The molecule has 0 amide bonds. The summed E-state index contributed by atoms with van der Waals surface area (Å²) >= 11 is 0. The van der Waals surface area contributed by atoms with Crippen molar-refractivity contribution < 1.29 is 12.3 Å². The smallest absolute Gasteiger partial charge is 0.254 e. The molecule has 0 aromatic rings. The van der Waals surface area contributed by atoms with E-state index in [1.807, 2.05) is 0 Å². The van der Waals surface area contributed by atoms with E-state index in [0.29, 0.717) is 0 Å². The fourth-order valence-corrected chi connectivity index (χ4v) is 3.65. The fraction of sp³-hybridized carbons (Fsp3) is 1.00. The van der Waals surface area contributed by atoms with Crippen LogP contribution in [0.25, 0.3) is 0 Å². The molecule has 0 aromatic heterocycles. The molecule has 0 saturated heterocycles. The van der Waals surface area contributed by atoms with Crippen molar-refractivity contribution in [1.29, 1.82) is 0 Å². The van der Waals surface area contributed by atoms with Crippen molar-refractivity contribution in [3.63, 3.8) is 0 Å². The van der Waals surface area contributed by atoms with Crippen LogP contribution in [0.3, 0.4) is 0 Å². The highest BCUT2D eigenvalue weighted by Gasteiger charge is 2.20. The van der Waals surface area contributed by atoms with Gasteiger partial charge < -0.3 is 3.87 Å². The molecular weight excluding hydrogens is 192 g/mol. The molecular formula is C7H18O3SSi. The molecule has 0 aliphatic rings. The number of rotatable bonds is 5. The van der Waals surface area contributed by atoms with Crippen LogP contribution in [0.2, 0.25) is 5.04 Å². The first kappa shape index (κ1) is 12.1. The molecule has 0 unspecified atom stereocenters. The summed E-state index contributed by atoms with van der Waals surface area (Å²) in [5, 5.41) is 0.0951.